The maximum atomic E-state index is 12.3. The number of rotatable bonds is 1. The Labute approximate surface area is 101 Å². The third kappa shape index (κ3) is 2.94. The van der Waals surface area contributed by atoms with Gasteiger partial charge in [0, 0.05) is 26.6 Å². The first kappa shape index (κ1) is 13.0. The predicted octanol–water partition coefficient (Wildman–Crippen LogP) is 2.63. The summed E-state index contributed by atoms with van der Waals surface area (Å²) in [6.45, 7) is 0. The summed E-state index contributed by atoms with van der Waals surface area (Å²) in [5.41, 5.74) is -1.12. The number of halogens is 5. The van der Waals surface area contributed by atoms with E-state index in [9.17, 15) is 21.6 Å². The normalized spacial score (nSPS) is 12.9. The van der Waals surface area contributed by atoms with E-state index in [0.29, 0.717) is 6.20 Å². The minimum atomic E-state index is -4.65. The lowest BCUT2D eigenvalue weighted by Gasteiger charge is -2.09. The van der Waals surface area contributed by atoms with Gasteiger partial charge in [-0.1, -0.05) is 0 Å². The second kappa shape index (κ2) is 4.06. The van der Waals surface area contributed by atoms with Crippen LogP contribution in [0.15, 0.2) is 17.3 Å². The SMILES string of the molecule is O=S(=O)(Cl)c1cncc(C(F)(F)F)c1I. The van der Waals surface area contributed by atoms with Crippen molar-refractivity contribution in [2.45, 2.75) is 11.1 Å². The molecule has 0 aliphatic rings. The summed E-state index contributed by atoms with van der Waals surface area (Å²) in [6, 6.07) is 0. The second-order valence-electron chi connectivity index (χ2n) is 2.43. The molecular formula is C6H2ClF3INO2S. The molecule has 84 valence electrons. The van der Waals surface area contributed by atoms with Crippen LogP contribution in [0.4, 0.5) is 13.2 Å². The van der Waals surface area contributed by atoms with Crippen LogP contribution < -0.4 is 0 Å². The first-order valence-corrected chi connectivity index (χ1v) is 6.68. The summed E-state index contributed by atoms with van der Waals surface area (Å²) in [5.74, 6) is 0. The monoisotopic (exact) mass is 371 g/mol. The summed E-state index contributed by atoms with van der Waals surface area (Å²) < 4.78 is 58.3. The lowest BCUT2D eigenvalue weighted by molar-refractivity contribution is -0.138. The molecule has 1 rings (SSSR count). The van der Waals surface area contributed by atoms with Crippen LogP contribution in [0, 0.1) is 3.57 Å². The Morgan fingerprint density at radius 1 is 1.33 bits per heavy atom. The molecule has 0 aromatic carbocycles. The lowest BCUT2D eigenvalue weighted by Crippen LogP contribution is -2.11. The molecule has 0 amide bonds. The minimum absolute atomic E-state index is 0.481. The number of hydrogen-bond acceptors (Lipinski definition) is 3. The fourth-order valence-electron chi connectivity index (χ4n) is 0.793. The first-order chi connectivity index (χ1) is 6.64. The van der Waals surface area contributed by atoms with Crippen LogP contribution in [0.25, 0.3) is 0 Å². The molecule has 0 saturated carbocycles. The van der Waals surface area contributed by atoms with Gasteiger partial charge in [-0.05, 0) is 22.6 Å². The van der Waals surface area contributed by atoms with Crippen molar-refractivity contribution in [3.8, 4) is 0 Å². The van der Waals surface area contributed by atoms with Gasteiger partial charge in [-0.3, -0.25) is 4.98 Å². The van der Waals surface area contributed by atoms with Gasteiger partial charge in [0.2, 0.25) is 0 Å². The molecule has 0 aliphatic heterocycles. The zero-order valence-electron chi connectivity index (χ0n) is 6.72. The van der Waals surface area contributed by atoms with Crippen molar-refractivity contribution in [3.05, 3.63) is 21.5 Å². The highest BCUT2D eigenvalue weighted by Gasteiger charge is 2.35. The van der Waals surface area contributed by atoms with E-state index in [1.165, 1.54) is 22.6 Å². The quantitative estimate of drug-likeness (QED) is 0.563. The van der Waals surface area contributed by atoms with Crippen LogP contribution in [0.5, 0.6) is 0 Å². The fraction of sp³-hybridized carbons (Fsp3) is 0.167. The molecule has 0 saturated heterocycles. The van der Waals surface area contributed by atoms with Crippen LogP contribution in [0.3, 0.4) is 0 Å². The number of aromatic nitrogens is 1. The van der Waals surface area contributed by atoms with Gasteiger partial charge in [-0.2, -0.15) is 13.2 Å². The molecule has 9 heteroatoms. The average molecular weight is 372 g/mol. The molecular weight excluding hydrogens is 369 g/mol. The van der Waals surface area contributed by atoms with Crippen LogP contribution in [0.1, 0.15) is 5.56 Å². The van der Waals surface area contributed by atoms with Crippen LogP contribution in [0.2, 0.25) is 0 Å². The minimum Gasteiger partial charge on any atom is -0.263 e. The van der Waals surface area contributed by atoms with Crippen molar-refractivity contribution in [2.24, 2.45) is 0 Å². The molecule has 0 radical (unpaired) electrons. The van der Waals surface area contributed by atoms with E-state index in [1.54, 1.807) is 0 Å². The number of pyridine rings is 1. The van der Waals surface area contributed by atoms with Crippen molar-refractivity contribution in [3.63, 3.8) is 0 Å². The molecule has 0 N–H and O–H groups in total. The molecule has 0 fully saturated rings. The van der Waals surface area contributed by atoms with Crippen molar-refractivity contribution in [2.75, 3.05) is 0 Å². The Hall–Kier alpha value is -0.0900. The van der Waals surface area contributed by atoms with Crippen molar-refractivity contribution in [1.82, 2.24) is 4.98 Å². The predicted molar refractivity (Wildman–Crippen MR) is 55.0 cm³/mol. The van der Waals surface area contributed by atoms with Gasteiger partial charge in [-0.15, -0.1) is 0 Å². The van der Waals surface area contributed by atoms with Crippen LogP contribution in [-0.2, 0) is 15.2 Å². The molecule has 0 aliphatic carbocycles. The molecule has 1 aromatic heterocycles. The Kier molecular flexibility index (Phi) is 3.51. The molecule has 0 unspecified atom stereocenters. The molecule has 1 heterocycles. The molecule has 0 bridgehead atoms. The third-order valence-electron chi connectivity index (χ3n) is 1.42. The highest BCUT2D eigenvalue weighted by Crippen LogP contribution is 2.35. The Balaban J connectivity index is 3.51. The van der Waals surface area contributed by atoms with Crippen molar-refractivity contribution < 1.29 is 21.6 Å². The molecule has 0 atom stereocenters. The standard InChI is InChI=1S/C6H2ClF3INO2S/c7-15(13,14)4-2-12-1-3(5(4)11)6(8,9)10/h1-2H. The number of alkyl halides is 3. The first-order valence-electron chi connectivity index (χ1n) is 3.29. The second-order valence-corrected chi connectivity index (χ2v) is 6.05. The topological polar surface area (TPSA) is 47.0 Å². The van der Waals surface area contributed by atoms with Gasteiger partial charge in [0.1, 0.15) is 4.90 Å². The highest BCUT2D eigenvalue weighted by atomic mass is 127. The summed E-state index contributed by atoms with van der Waals surface area (Å²) in [5, 5.41) is 0. The van der Waals surface area contributed by atoms with Gasteiger partial charge in [0.25, 0.3) is 9.05 Å². The van der Waals surface area contributed by atoms with Crippen LogP contribution in [-0.4, -0.2) is 13.4 Å². The lowest BCUT2D eigenvalue weighted by atomic mass is 10.3. The molecule has 3 nitrogen and oxygen atoms in total. The number of hydrogen-bond donors (Lipinski definition) is 0. The summed E-state index contributed by atoms with van der Waals surface area (Å²) in [6.07, 6.45) is -3.33. The molecule has 0 spiro atoms. The van der Waals surface area contributed by atoms with E-state index in [1.807, 2.05) is 0 Å². The van der Waals surface area contributed by atoms with Crippen LogP contribution >= 0.6 is 33.3 Å². The Bertz CT molecular complexity index is 488. The van der Waals surface area contributed by atoms with Gasteiger partial charge in [0.05, 0.1) is 5.56 Å². The van der Waals surface area contributed by atoms with Crippen molar-refractivity contribution in [1.29, 1.82) is 0 Å². The summed E-state index contributed by atoms with van der Waals surface area (Å²) in [7, 11) is 0.732. The summed E-state index contributed by atoms with van der Waals surface area (Å²) in [4.78, 5) is 2.55. The van der Waals surface area contributed by atoms with Gasteiger partial charge >= 0.3 is 6.18 Å². The zero-order chi connectivity index (χ0) is 11.9. The number of nitrogens with zero attached hydrogens (tertiary/aromatic N) is 1. The van der Waals surface area contributed by atoms with Crippen molar-refractivity contribution >= 4 is 42.3 Å². The maximum Gasteiger partial charge on any atom is 0.418 e. The fourth-order valence-corrected chi connectivity index (χ4v) is 3.50. The van der Waals surface area contributed by atoms with E-state index in [0.717, 1.165) is 6.20 Å². The van der Waals surface area contributed by atoms with E-state index >= 15 is 0 Å². The van der Waals surface area contributed by atoms with E-state index in [4.69, 9.17) is 10.7 Å². The zero-order valence-corrected chi connectivity index (χ0v) is 10.4. The molecule has 1 aromatic rings. The Morgan fingerprint density at radius 3 is 2.27 bits per heavy atom. The highest BCUT2D eigenvalue weighted by molar-refractivity contribution is 14.1. The maximum absolute atomic E-state index is 12.3. The van der Waals surface area contributed by atoms with Gasteiger partial charge in [-0.25, -0.2) is 8.42 Å². The van der Waals surface area contributed by atoms with Gasteiger partial charge < -0.3 is 0 Å². The van der Waals surface area contributed by atoms with E-state index in [2.05, 4.69) is 4.98 Å². The third-order valence-corrected chi connectivity index (χ3v) is 4.28. The van der Waals surface area contributed by atoms with E-state index < -0.39 is 29.3 Å². The Morgan fingerprint density at radius 2 is 1.87 bits per heavy atom. The molecule has 15 heavy (non-hydrogen) atoms. The largest absolute Gasteiger partial charge is 0.418 e. The van der Waals surface area contributed by atoms with Gasteiger partial charge in [0.15, 0.2) is 0 Å². The average Bonchev–Trinajstić information content (AvgIpc) is 1.99. The summed E-state index contributed by atoms with van der Waals surface area (Å²) >= 11 is 1.27. The van der Waals surface area contributed by atoms with E-state index in [-0.39, 0.29) is 0 Å². The smallest absolute Gasteiger partial charge is 0.263 e.